The van der Waals surface area contributed by atoms with E-state index in [2.05, 4.69) is 34.4 Å². The van der Waals surface area contributed by atoms with Gasteiger partial charge >= 0.3 is 0 Å². The molecule has 19 heavy (non-hydrogen) atoms. The number of hydrogen-bond donors (Lipinski definition) is 2. The molecule has 0 saturated heterocycles. The molecule has 2 N–H and O–H groups in total. The van der Waals surface area contributed by atoms with Crippen LogP contribution >= 0.6 is 0 Å². The Morgan fingerprint density at radius 1 is 0.842 bits per heavy atom. The van der Waals surface area contributed by atoms with Crippen LogP contribution in [-0.4, -0.2) is 19.1 Å². The van der Waals surface area contributed by atoms with Gasteiger partial charge in [-0.2, -0.15) is 4.57 Å². The normalized spacial score (nSPS) is 10.9. The van der Waals surface area contributed by atoms with Crippen LogP contribution in [0.3, 0.4) is 0 Å². The summed E-state index contributed by atoms with van der Waals surface area (Å²) in [6.07, 6.45) is 0. The molecule has 0 aliphatic heterocycles. The van der Waals surface area contributed by atoms with Crippen LogP contribution < -0.4 is 15.2 Å². The number of rotatable bonds is 2. The summed E-state index contributed by atoms with van der Waals surface area (Å²) in [5.74, 6) is 0. The van der Waals surface area contributed by atoms with Gasteiger partial charge < -0.3 is 10.6 Å². The Hall–Kier alpha value is -2.36. The van der Waals surface area contributed by atoms with Gasteiger partial charge in [-0.1, -0.05) is 0 Å². The molecule has 0 saturated carbocycles. The van der Waals surface area contributed by atoms with E-state index >= 15 is 0 Å². The zero-order chi connectivity index (χ0) is 13.4. The summed E-state index contributed by atoms with van der Waals surface area (Å²) in [4.78, 5) is 4.71. The maximum atomic E-state index is 4.71. The van der Waals surface area contributed by atoms with Crippen molar-refractivity contribution in [1.82, 2.24) is 4.98 Å². The van der Waals surface area contributed by atoms with E-state index in [1.807, 2.05) is 38.4 Å². The Morgan fingerprint density at radius 3 is 1.74 bits per heavy atom. The minimum absolute atomic E-state index is 1.01. The summed E-state index contributed by atoms with van der Waals surface area (Å²) >= 11 is 0. The van der Waals surface area contributed by atoms with Crippen molar-refractivity contribution in [3.8, 4) is 0 Å². The van der Waals surface area contributed by atoms with Crippen LogP contribution in [0.25, 0.3) is 22.1 Å². The zero-order valence-corrected chi connectivity index (χ0v) is 11.4. The lowest BCUT2D eigenvalue weighted by molar-refractivity contribution is -0.617. The van der Waals surface area contributed by atoms with E-state index in [1.54, 1.807) is 0 Å². The predicted molar refractivity (Wildman–Crippen MR) is 79.5 cm³/mol. The van der Waals surface area contributed by atoms with E-state index in [1.165, 1.54) is 0 Å². The minimum Gasteiger partial charge on any atom is -0.388 e. The molecule has 1 heterocycles. The maximum Gasteiger partial charge on any atom is 0.233 e. The van der Waals surface area contributed by atoms with Gasteiger partial charge in [-0.3, -0.25) is 0 Å². The second-order valence-electron chi connectivity index (χ2n) is 4.58. The summed E-state index contributed by atoms with van der Waals surface area (Å²) in [5, 5.41) is 6.33. The fourth-order valence-electron chi connectivity index (χ4n) is 2.34. The first-order chi connectivity index (χ1) is 9.22. The molecule has 0 aliphatic carbocycles. The first kappa shape index (κ1) is 11.7. The van der Waals surface area contributed by atoms with Crippen molar-refractivity contribution >= 4 is 33.4 Å². The largest absolute Gasteiger partial charge is 0.388 e. The molecule has 0 amide bonds. The third kappa shape index (κ3) is 1.85. The highest BCUT2D eigenvalue weighted by Gasteiger charge is 2.13. The van der Waals surface area contributed by atoms with Crippen LogP contribution in [0, 0.1) is 0 Å². The first-order valence-corrected chi connectivity index (χ1v) is 6.32. The topological polar surface area (TPSA) is 40.8 Å². The van der Waals surface area contributed by atoms with Gasteiger partial charge in [0.25, 0.3) is 0 Å². The Labute approximate surface area is 112 Å². The second-order valence-corrected chi connectivity index (χ2v) is 4.58. The molecule has 0 spiro atoms. The van der Waals surface area contributed by atoms with Crippen LogP contribution in [0.5, 0.6) is 0 Å². The number of nitrogens with one attached hydrogen (secondary N) is 2. The van der Waals surface area contributed by atoms with Crippen LogP contribution in [0.2, 0.25) is 0 Å². The van der Waals surface area contributed by atoms with Crippen molar-refractivity contribution in [1.29, 1.82) is 0 Å². The van der Waals surface area contributed by atoms with Crippen LogP contribution in [-0.2, 0) is 7.05 Å². The maximum absolute atomic E-state index is 4.71. The Bertz CT molecular complexity index is 703. The standard InChI is InChI=1S/C15H16N4/c1-16-10-4-6-12-14(8-10)19(3)15-9-11(17-2)5-7-13(15)18-12/h4-9H,1-3H3,(H,16,17)/p+1. The number of anilines is 2. The Balaban J connectivity index is 2.39. The summed E-state index contributed by atoms with van der Waals surface area (Å²) in [6, 6.07) is 12.4. The van der Waals surface area contributed by atoms with E-state index in [0.29, 0.717) is 0 Å². The molecule has 0 radical (unpaired) electrons. The van der Waals surface area contributed by atoms with Gasteiger partial charge in [0.2, 0.25) is 11.0 Å². The number of nitrogens with zero attached hydrogens (tertiary/aromatic N) is 2. The number of fused-ring (bicyclic) bond motifs is 2. The molecule has 0 unspecified atom stereocenters. The molecule has 2 aromatic carbocycles. The third-order valence-corrected chi connectivity index (χ3v) is 3.49. The van der Waals surface area contributed by atoms with Gasteiger partial charge in [-0.05, 0) is 24.3 Å². The summed E-state index contributed by atoms with van der Waals surface area (Å²) < 4.78 is 2.18. The van der Waals surface area contributed by atoms with Crippen molar-refractivity contribution in [3.05, 3.63) is 36.4 Å². The minimum atomic E-state index is 1.01. The van der Waals surface area contributed by atoms with Gasteiger partial charge in [0.05, 0.1) is 0 Å². The van der Waals surface area contributed by atoms with Crippen molar-refractivity contribution < 1.29 is 4.57 Å². The lowest BCUT2D eigenvalue weighted by Gasteiger charge is -2.05. The molecule has 4 heteroatoms. The molecule has 0 aliphatic rings. The van der Waals surface area contributed by atoms with Gasteiger partial charge in [0.15, 0.2) is 0 Å². The van der Waals surface area contributed by atoms with E-state index in [0.717, 1.165) is 33.4 Å². The van der Waals surface area contributed by atoms with Crippen molar-refractivity contribution in [2.45, 2.75) is 0 Å². The molecule has 3 rings (SSSR count). The summed E-state index contributed by atoms with van der Waals surface area (Å²) in [6.45, 7) is 0. The lowest BCUT2D eigenvalue weighted by Crippen LogP contribution is -2.30. The van der Waals surface area contributed by atoms with Gasteiger partial charge in [0, 0.05) is 37.6 Å². The molecule has 0 atom stereocenters. The quantitative estimate of drug-likeness (QED) is 0.544. The molecular weight excluding hydrogens is 236 g/mol. The van der Waals surface area contributed by atoms with Crippen LogP contribution in [0.15, 0.2) is 36.4 Å². The number of hydrogen-bond acceptors (Lipinski definition) is 3. The second kappa shape index (κ2) is 4.39. The molecule has 4 nitrogen and oxygen atoms in total. The highest BCUT2D eigenvalue weighted by Crippen LogP contribution is 2.20. The SMILES string of the molecule is CNc1ccc2nc3ccc(NC)cc3[n+](C)c2c1. The number of aromatic nitrogens is 2. The molecule has 0 bridgehead atoms. The zero-order valence-electron chi connectivity index (χ0n) is 11.4. The third-order valence-electron chi connectivity index (χ3n) is 3.49. The average molecular weight is 253 g/mol. The Morgan fingerprint density at radius 2 is 1.32 bits per heavy atom. The monoisotopic (exact) mass is 253 g/mol. The first-order valence-electron chi connectivity index (χ1n) is 6.32. The van der Waals surface area contributed by atoms with Crippen molar-refractivity contribution in [2.75, 3.05) is 24.7 Å². The van der Waals surface area contributed by atoms with Gasteiger partial charge in [-0.15, -0.1) is 0 Å². The molecular formula is C15H17N4+. The smallest absolute Gasteiger partial charge is 0.233 e. The predicted octanol–water partition coefficient (Wildman–Crippen LogP) is 2.30. The van der Waals surface area contributed by atoms with E-state index in [9.17, 15) is 0 Å². The van der Waals surface area contributed by atoms with Gasteiger partial charge in [-0.25, -0.2) is 4.98 Å². The van der Waals surface area contributed by atoms with E-state index < -0.39 is 0 Å². The summed E-state index contributed by atoms with van der Waals surface area (Å²) in [7, 11) is 5.93. The fraction of sp³-hybridized carbons (Fsp3) is 0.200. The lowest BCUT2D eigenvalue weighted by atomic mass is 10.2. The molecule has 0 fully saturated rings. The fourth-order valence-corrected chi connectivity index (χ4v) is 2.34. The average Bonchev–Trinajstić information content (AvgIpc) is 2.47. The Kier molecular flexibility index (Phi) is 2.71. The molecule has 1 aromatic heterocycles. The van der Waals surface area contributed by atoms with Gasteiger partial charge in [0.1, 0.15) is 18.1 Å². The van der Waals surface area contributed by atoms with Crippen molar-refractivity contribution in [2.24, 2.45) is 7.05 Å². The molecule has 3 aromatic rings. The van der Waals surface area contributed by atoms with Crippen LogP contribution in [0.4, 0.5) is 11.4 Å². The van der Waals surface area contributed by atoms with Crippen molar-refractivity contribution in [3.63, 3.8) is 0 Å². The van der Waals surface area contributed by atoms with Crippen LogP contribution in [0.1, 0.15) is 0 Å². The number of aryl methyl sites for hydroxylation is 1. The highest BCUT2D eigenvalue weighted by molar-refractivity contribution is 5.85. The summed E-state index contributed by atoms with van der Waals surface area (Å²) in [5.41, 5.74) is 6.43. The number of benzene rings is 2. The van der Waals surface area contributed by atoms with E-state index in [4.69, 9.17) is 4.98 Å². The highest BCUT2D eigenvalue weighted by atomic mass is 15.0. The van der Waals surface area contributed by atoms with E-state index in [-0.39, 0.29) is 0 Å². The molecule has 96 valence electrons.